The molecule has 2 rings (SSSR count). The zero-order valence-electron chi connectivity index (χ0n) is 12.2. The third-order valence-electron chi connectivity index (χ3n) is 3.45. The molecule has 0 radical (unpaired) electrons. The van der Waals surface area contributed by atoms with Crippen molar-refractivity contribution in [3.63, 3.8) is 0 Å². The van der Waals surface area contributed by atoms with Crippen molar-refractivity contribution in [3.8, 4) is 5.75 Å². The number of carbonyl (C=O) groups excluding carboxylic acids is 2. The Balaban J connectivity index is 2.58. The Morgan fingerprint density at radius 2 is 2.05 bits per heavy atom. The molecule has 1 N–H and O–H groups in total. The van der Waals surface area contributed by atoms with Gasteiger partial charge in [0.1, 0.15) is 5.75 Å². The summed E-state index contributed by atoms with van der Waals surface area (Å²) in [6, 6.07) is 6.64. The normalized spacial score (nSPS) is 16.8. The van der Waals surface area contributed by atoms with Gasteiger partial charge in [-0.2, -0.15) is 0 Å². The fourth-order valence-corrected chi connectivity index (χ4v) is 2.37. The van der Waals surface area contributed by atoms with Crippen molar-refractivity contribution >= 4 is 18.0 Å². The maximum absolute atomic E-state index is 12.4. The molecule has 110 valence electrons. The summed E-state index contributed by atoms with van der Waals surface area (Å²) in [5.41, 5.74) is 1.53. The molecule has 5 nitrogen and oxygen atoms in total. The molecule has 1 amide bonds. The molecule has 0 bridgehead atoms. The van der Waals surface area contributed by atoms with Crippen LogP contribution in [0.15, 0.2) is 41.1 Å². The second-order valence-corrected chi connectivity index (χ2v) is 4.62. The number of methoxy groups -OCH3 is 1. The number of phenolic OH excluding ortho intramolecular Hbond substituents is 1. The van der Waals surface area contributed by atoms with Gasteiger partial charge >= 0.3 is 5.97 Å². The first-order chi connectivity index (χ1) is 10.0. The van der Waals surface area contributed by atoms with Gasteiger partial charge in [0.2, 0.25) is 0 Å². The van der Waals surface area contributed by atoms with Crippen LogP contribution in [0.25, 0.3) is 6.08 Å². The van der Waals surface area contributed by atoms with Crippen LogP contribution in [0.1, 0.15) is 19.4 Å². The zero-order chi connectivity index (χ0) is 15.6. The van der Waals surface area contributed by atoms with Crippen molar-refractivity contribution in [2.45, 2.75) is 13.8 Å². The average Bonchev–Trinajstić information content (AvgIpc) is 2.71. The van der Waals surface area contributed by atoms with Crippen molar-refractivity contribution < 1.29 is 19.4 Å². The van der Waals surface area contributed by atoms with E-state index >= 15 is 0 Å². The van der Waals surface area contributed by atoms with Crippen molar-refractivity contribution in [3.05, 3.63) is 46.7 Å². The average molecular weight is 287 g/mol. The quantitative estimate of drug-likeness (QED) is 0.683. The third-order valence-corrected chi connectivity index (χ3v) is 3.45. The predicted molar refractivity (Wildman–Crippen MR) is 78.2 cm³/mol. The SMILES string of the molecule is CCN1C(=O)/C(=C/c2ccccc2O)C(C(=O)OC)=C1C. The van der Waals surface area contributed by atoms with Crippen molar-refractivity contribution in [1.82, 2.24) is 4.90 Å². The Morgan fingerprint density at radius 3 is 2.62 bits per heavy atom. The van der Waals surface area contributed by atoms with E-state index in [0.29, 0.717) is 17.8 Å². The number of hydrogen-bond donors (Lipinski definition) is 1. The van der Waals surface area contributed by atoms with Crippen molar-refractivity contribution in [2.24, 2.45) is 0 Å². The standard InChI is InChI=1S/C16H17NO4/c1-4-17-10(2)14(16(20)21-3)12(15(17)19)9-11-7-5-6-8-13(11)18/h5-9,18H,4H2,1-3H3/b12-9+. The molecule has 0 unspecified atom stereocenters. The highest BCUT2D eigenvalue weighted by Gasteiger charge is 2.36. The van der Waals surface area contributed by atoms with Gasteiger partial charge in [-0.05, 0) is 26.0 Å². The summed E-state index contributed by atoms with van der Waals surface area (Å²) >= 11 is 0. The number of aromatic hydroxyl groups is 1. The van der Waals surface area contributed by atoms with Gasteiger partial charge in [-0.15, -0.1) is 0 Å². The molecule has 0 aromatic heterocycles. The number of ether oxygens (including phenoxy) is 1. The first-order valence-corrected chi connectivity index (χ1v) is 6.62. The molecule has 0 saturated carbocycles. The van der Waals surface area contributed by atoms with E-state index in [1.165, 1.54) is 24.2 Å². The van der Waals surface area contributed by atoms with Crippen LogP contribution in [0.3, 0.4) is 0 Å². The number of likely N-dealkylation sites (N-methyl/N-ethyl adjacent to an activating group) is 1. The first kappa shape index (κ1) is 14.8. The summed E-state index contributed by atoms with van der Waals surface area (Å²) in [5, 5.41) is 9.83. The van der Waals surface area contributed by atoms with Gasteiger partial charge in [-0.3, -0.25) is 4.79 Å². The Bertz CT molecular complexity index is 658. The molecule has 21 heavy (non-hydrogen) atoms. The number of benzene rings is 1. The number of hydrogen-bond acceptors (Lipinski definition) is 4. The van der Waals surface area contributed by atoms with Crippen LogP contribution in [0.4, 0.5) is 0 Å². The second kappa shape index (κ2) is 5.83. The predicted octanol–water partition coefficient (Wildman–Crippen LogP) is 2.08. The molecule has 0 atom stereocenters. The van der Waals surface area contributed by atoms with E-state index in [0.717, 1.165) is 0 Å². The smallest absolute Gasteiger partial charge is 0.340 e. The summed E-state index contributed by atoms with van der Waals surface area (Å²) in [6.07, 6.45) is 1.52. The Labute approximate surface area is 123 Å². The van der Waals surface area contributed by atoms with Crippen molar-refractivity contribution in [1.29, 1.82) is 0 Å². The van der Waals surface area contributed by atoms with Crippen LogP contribution in [0.2, 0.25) is 0 Å². The van der Waals surface area contributed by atoms with E-state index in [2.05, 4.69) is 0 Å². The van der Waals surface area contributed by atoms with Gasteiger partial charge in [0.15, 0.2) is 0 Å². The first-order valence-electron chi connectivity index (χ1n) is 6.62. The monoisotopic (exact) mass is 287 g/mol. The highest BCUT2D eigenvalue weighted by molar-refractivity contribution is 6.16. The number of para-hydroxylation sites is 1. The van der Waals surface area contributed by atoms with Crippen molar-refractivity contribution in [2.75, 3.05) is 13.7 Å². The Hall–Kier alpha value is -2.56. The molecule has 0 fully saturated rings. The maximum Gasteiger partial charge on any atom is 0.340 e. The minimum atomic E-state index is -0.557. The maximum atomic E-state index is 12.4. The minimum Gasteiger partial charge on any atom is -0.507 e. The fourth-order valence-electron chi connectivity index (χ4n) is 2.37. The lowest BCUT2D eigenvalue weighted by Gasteiger charge is -2.14. The number of amides is 1. The Kier molecular flexibility index (Phi) is 4.12. The highest BCUT2D eigenvalue weighted by Crippen LogP contribution is 2.32. The lowest BCUT2D eigenvalue weighted by atomic mass is 10.0. The molecule has 1 heterocycles. The van der Waals surface area contributed by atoms with Gasteiger partial charge in [0.25, 0.3) is 5.91 Å². The number of rotatable bonds is 3. The molecule has 0 saturated heterocycles. The molecule has 5 heteroatoms. The number of esters is 1. The molecule has 1 aliphatic heterocycles. The van der Waals surface area contributed by atoms with Crippen LogP contribution in [-0.2, 0) is 14.3 Å². The van der Waals surface area contributed by atoms with Crippen LogP contribution < -0.4 is 0 Å². The van der Waals surface area contributed by atoms with E-state index in [-0.39, 0.29) is 22.8 Å². The van der Waals surface area contributed by atoms with Gasteiger partial charge < -0.3 is 14.7 Å². The third kappa shape index (κ3) is 2.54. The summed E-state index contributed by atoms with van der Waals surface area (Å²) in [6.45, 7) is 4.00. The lowest BCUT2D eigenvalue weighted by Crippen LogP contribution is -2.24. The molecule has 0 aliphatic carbocycles. The zero-order valence-corrected chi connectivity index (χ0v) is 12.2. The summed E-state index contributed by atoms with van der Waals surface area (Å²) in [4.78, 5) is 25.9. The van der Waals surface area contributed by atoms with Gasteiger partial charge in [0, 0.05) is 17.8 Å². The van der Waals surface area contributed by atoms with Gasteiger partial charge in [-0.25, -0.2) is 4.79 Å². The molecule has 1 aliphatic rings. The fraction of sp³-hybridized carbons (Fsp3) is 0.250. The molecule has 0 spiro atoms. The van der Waals surface area contributed by atoms with Gasteiger partial charge in [-0.1, -0.05) is 18.2 Å². The summed E-state index contributed by atoms with van der Waals surface area (Å²) in [7, 11) is 1.28. The lowest BCUT2D eigenvalue weighted by molar-refractivity contribution is -0.136. The number of carbonyl (C=O) groups is 2. The van der Waals surface area contributed by atoms with E-state index in [1.807, 2.05) is 6.92 Å². The molecular formula is C16H17NO4. The van der Waals surface area contributed by atoms with E-state index in [1.54, 1.807) is 25.1 Å². The van der Waals surface area contributed by atoms with Crippen LogP contribution in [0.5, 0.6) is 5.75 Å². The van der Waals surface area contributed by atoms with Gasteiger partial charge in [0.05, 0.1) is 18.3 Å². The Morgan fingerprint density at radius 1 is 1.38 bits per heavy atom. The number of phenols is 1. The summed E-state index contributed by atoms with van der Waals surface area (Å²) < 4.78 is 4.76. The molecule has 1 aromatic carbocycles. The topological polar surface area (TPSA) is 66.8 Å². The number of allylic oxidation sites excluding steroid dienone is 1. The van der Waals surface area contributed by atoms with E-state index in [9.17, 15) is 14.7 Å². The van der Waals surface area contributed by atoms with E-state index in [4.69, 9.17) is 4.74 Å². The minimum absolute atomic E-state index is 0.0506. The van der Waals surface area contributed by atoms with Crippen LogP contribution in [0, 0.1) is 0 Å². The molecular weight excluding hydrogens is 270 g/mol. The van der Waals surface area contributed by atoms with Crippen LogP contribution in [-0.4, -0.2) is 35.5 Å². The molecule has 1 aromatic rings. The highest BCUT2D eigenvalue weighted by atomic mass is 16.5. The largest absolute Gasteiger partial charge is 0.507 e. The van der Waals surface area contributed by atoms with E-state index < -0.39 is 5.97 Å². The van der Waals surface area contributed by atoms with Crippen LogP contribution >= 0.6 is 0 Å². The summed E-state index contributed by atoms with van der Waals surface area (Å²) in [5.74, 6) is -0.772. The number of nitrogens with zero attached hydrogens (tertiary/aromatic N) is 1. The second-order valence-electron chi connectivity index (χ2n) is 4.62.